The van der Waals surface area contributed by atoms with Crippen molar-refractivity contribution in [1.82, 2.24) is 9.97 Å². The Hall–Kier alpha value is -1.89. The van der Waals surface area contributed by atoms with Gasteiger partial charge in [-0.25, -0.2) is 4.98 Å². The number of rotatable bonds is 4. The van der Waals surface area contributed by atoms with Gasteiger partial charge in [-0.3, -0.25) is 4.79 Å². The van der Waals surface area contributed by atoms with Crippen LogP contribution in [0, 0.1) is 0 Å². The van der Waals surface area contributed by atoms with E-state index >= 15 is 0 Å². The Morgan fingerprint density at radius 3 is 2.60 bits per heavy atom. The molecular weight excluding hydrogens is 258 g/mol. The fourth-order valence-electron chi connectivity index (χ4n) is 3.40. The molecule has 108 valence electrons. The highest BCUT2D eigenvalue weighted by Gasteiger charge is 2.53. The van der Waals surface area contributed by atoms with Crippen LogP contribution in [0.5, 0.6) is 0 Å². The number of anilines is 2. The van der Waals surface area contributed by atoms with Gasteiger partial charge in [-0.1, -0.05) is 0 Å². The van der Waals surface area contributed by atoms with E-state index in [1.54, 1.807) is 7.05 Å². The van der Waals surface area contributed by atoms with E-state index in [4.69, 9.17) is 5.73 Å². The minimum atomic E-state index is -0.560. The molecule has 1 amide bonds. The third kappa shape index (κ3) is 2.07. The maximum absolute atomic E-state index is 11.3. The third-order valence-corrected chi connectivity index (χ3v) is 4.47. The molecule has 1 heterocycles. The standard InChI is InChI=1S/C13H19N5O2/c1-15-10-8(9(14)19)6-16-11(17-10)18-12-2-4-13(20,7-12)5-3-12/h6,20H,2-5,7H2,1H3,(H2,14,19)(H2,15,16,17,18). The number of hydrogen-bond donors (Lipinski definition) is 4. The molecule has 0 unspecified atom stereocenters. The van der Waals surface area contributed by atoms with Crippen LogP contribution < -0.4 is 16.4 Å². The Kier molecular flexibility index (Phi) is 2.82. The van der Waals surface area contributed by atoms with Gasteiger partial charge >= 0.3 is 0 Å². The number of nitrogens with two attached hydrogens (primary N) is 1. The predicted octanol–water partition coefficient (Wildman–Crippen LogP) is 0.477. The number of amides is 1. The maximum atomic E-state index is 11.3. The lowest BCUT2D eigenvalue weighted by Crippen LogP contribution is -2.34. The van der Waals surface area contributed by atoms with E-state index in [9.17, 15) is 9.90 Å². The number of carbonyl (C=O) groups is 1. The van der Waals surface area contributed by atoms with Gasteiger partial charge in [0.25, 0.3) is 5.91 Å². The molecule has 5 N–H and O–H groups in total. The first-order chi connectivity index (χ1) is 9.45. The second kappa shape index (κ2) is 4.31. The summed E-state index contributed by atoms with van der Waals surface area (Å²) in [4.78, 5) is 19.7. The Morgan fingerprint density at radius 1 is 1.40 bits per heavy atom. The van der Waals surface area contributed by atoms with Crippen molar-refractivity contribution in [3.05, 3.63) is 11.8 Å². The van der Waals surface area contributed by atoms with Crippen molar-refractivity contribution >= 4 is 17.7 Å². The van der Waals surface area contributed by atoms with Gasteiger partial charge in [0, 0.05) is 18.8 Å². The molecule has 2 saturated carbocycles. The SMILES string of the molecule is CNc1nc(NC23CCC(O)(CC2)C3)ncc1C(N)=O. The zero-order valence-corrected chi connectivity index (χ0v) is 11.4. The van der Waals surface area contributed by atoms with E-state index < -0.39 is 11.5 Å². The molecular formula is C13H19N5O2. The zero-order chi connectivity index (χ0) is 14.4. The maximum Gasteiger partial charge on any atom is 0.254 e. The van der Waals surface area contributed by atoms with Crippen molar-refractivity contribution in [2.75, 3.05) is 17.7 Å². The molecule has 0 atom stereocenters. The summed E-state index contributed by atoms with van der Waals surface area (Å²) in [5.41, 5.74) is 4.90. The Morgan fingerprint density at radius 2 is 2.10 bits per heavy atom. The summed E-state index contributed by atoms with van der Waals surface area (Å²) in [6.07, 6.45) is 5.63. The molecule has 0 saturated heterocycles. The molecule has 3 rings (SSSR count). The summed E-state index contributed by atoms with van der Waals surface area (Å²) < 4.78 is 0. The topological polar surface area (TPSA) is 113 Å². The van der Waals surface area contributed by atoms with Crippen molar-refractivity contribution in [1.29, 1.82) is 0 Å². The molecule has 2 aliphatic rings. The van der Waals surface area contributed by atoms with Gasteiger partial charge in [-0.05, 0) is 32.1 Å². The predicted molar refractivity (Wildman–Crippen MR) is 74.5 cm³/mol. The Labute approximate surface area is 117 Å². The summed E-state index contributed by atoms with van der Waals surface area (Å²) in [7, 11) is 1.68. The fraction of sp³-hybridized carbons (Fsp3) is 0.615. The lowest BCUT2D eigenvalue weighted by molar-refractivity contribution is 0.0521. The van der Waals surface area contributed by atoms with Crippen molar-refractivity contribution < 1.29 is 9.90 Å². The fourth-order valence-corrected chi connectivity index (χ4v) is 3.40. The van der Waals surface area contributed by atoms with E-state index in [-0.39, 0.29) is 11.1 Å². The van der Waals surface area contributed by atoms with E-state index in [2.05, 4.69) is 20.6 Å². The van der Waals surface area contributed by atoms with Crippen LogP contribution in [0.2, 0.25) is 0 Å². The normalized spacial score (nSPS) is 31.3. The van der Waals surface area contributed by atoms with Crippen molar-refractivity contribution in [3.63, 3.8) is 0 Å². The molecule has 2 fully saturated rings. The Bertz CT molecular complexity index is 552. The van der Waals surface area contributed by atoms with Gasteiger partial charge in [0.2, 0.25) is 5.95 Å². The average Bonchev–Trinajstić information content (AvgIpc) is 2.91. The minimum Gasteiger partial charge on any atom is -0.390 e. The van der Waals surface area contributed by atoms with Gasteiger partial charge in [-0.2, -0.15) is 4.98 Å². The molecule has 20 heavy (non-hydrogen) atoms. The lowest BCUT2D eigenvalue weighted by atomic mass is 9.93. The molecule has 1 aromatic heterocycles. The highest BCUT2D eigenvalue weighted by atomic mass is 16.3. The minimum absolute atomic E-state index is 0.117. The third-order valence-electron chi connectivity index (χ3n) is 4.47. The van der Waals surface area contributed by atoms with E-state index in [1.165, 1.54) is 6.20 Å². The molecule has 2 aliphatic carbocycles. The van der Waals surface area contributed by atoms with Gasteiger partial charge < -0.3 is 21.5 Å². The van der Waals surface area contributed by atoms with Crippen molar-refractivity contribution in [2.45, 2.75) is 43.2 Å². The van der Waals surface area contributed by atoms with Gasteiger partial charge in [0.15, 0.2) is 0 Å². The molecule has 7 heteroatoms. The van der Waals surface area contributed by atoms with Gasteiger partial charge in [0.1, 0.15) is 5.82 Å². The number of aliphatic hydroxyl groups is 1. The monoisotopic (exact) mass is 277 g/mol. The number of nitrogens with zero attached hydrogens (tertiary/aromatic N) is 2. The first-order valence-electron chi connectivity index (χ1n) is 6.81. The highest BCUT2D eigenvalue weighted by molar-refractivity contribution is 5.97. The molecule has 0 aromatic carbocycles. The van der Waals surface area contributed by atoms with Crippen LogP contribution >= 0.6 is 0 Å². The molecule has 0 aliphatic heterocycles. The summed E-state index contributed by atoms with van der Waals surface area (Å²) in [6.45, 7) is 0. The van der Waals surface area contributed by atoms with Crippen LogP contribution in [0.3, 0.4) is 0 Å². The van der Waals surface area contributed by atoms with Crippen LogP contribution in [0.15, 0.2) is 6.20 Å². The number of nitrogens with one attached hydrogen (secondary N) is 2. The first kappa shape index (κ1) is 13.1. The first-order valence-corrected chi connectivity index (χ1v) is 6.81. The molecule has 0 spiro atoms. The molecule has 1 aromatic rings. The van der Waals surface area contributed by atoms with E-state index in [0.29, 0.717) is 11.8 Å². The van der Waals surface area contributed by atoms with Crippen LogP contribution in [-0.2, 0) is 0 Å². The number of fused-ring (bicyclic) bond motifs is 2. The van der Waals surface area contributed by atoms with Gasteiger partial charge in [0.05, 0.1) is 11.2 Å². The molecule has 7 nitrogen and oxygen atoms in total. The second-order valence-corrected chi connectivity index (χ2v) is 5.88. The van der Waals surface area contributed by atoms with Crippen LogP contribution in [0.1, 0.15) is 42.5 Å². The Balaban J connectivity index is 1.84. The largest absolute Gasteiger partial charge is 0.390 e. The summed E-state index contributed by atoms with van der Waals surface area (Å²) >= 11 is 0. The molecule has 2 bridgehead atoms. The number of primary amides is 1. The number of hydrogen-bond acceptors (Lipinski definition) is 6. The van der Waals surface area contributed by atoms with Crippen LogP contribution in [-0.4, -0.2) is 39.2 Å². The van der Waals surface area contributed by atoms with Crippen LogP contribution in [0.25, 0.3) is 0 Å². The molecule has 0 radical (unpaired) electrons. The smallest absolute Gasteiger partial charge is 0.254 e. The number of carbonyl (C=O) groups excluding carboxylic acids is 1. The summed E-state index contributed by atoms with van der Waals surface area (Å²) in [5, 5.41) is 16.4. The quantitative estimate of drug-likeness (QED) is 0.636. The number of aromatic nitrogens is 2. The van der Waals surface area contributed by atoms with Crippen molar-refractivity contribution in [3.8, 4) is 0 Å². The summed E-state index contributed by atoms with van der Waals surface area (Å²) in [5.74, 6) is 0.318. The highest BCUT2D eigenvalue weighted by Crippen LogP contribution is 2.51. The van der Waals surface area contributed by atoms with Crippen LogP contribution in [0.4, 0.5) is 11.8 Å². The second-order valence-electron chi connectivity index (χ2n) is 5.88. The summed E-state index contributed by atoms with van der Waals surface area (Å²) in [6, 6.07) is 0. The average molecular weight is 277 g/mol. The van der Waals surface area contributed by atoms with Crippen molar-refractivity contribution in [2.24, 2.45) is 5.73 Å². The van der Waals surface area contributed by atoms with E-state index in [1.807, 2.05) is 0 Å². The zero-order valence-electron chi connectivity index (χ0n) is 11.4. The van der Waals surface area contributed by atoms with Gasteiger partial charge in [-0.15, -0.1) is 0 Å². The van der Waals surface area contributed by atoms with E-state index in [0.717, 1.165) is 32.1 Å². The lowest BCUT2D eigenvalue weighted by Gasteiger charge is -2.27.